The van der Waals surface area contributed by atoms with Crippen LogP contribution in [0.5, 0.6) is 5.75 Å². The summed E-state index contributed by atoms with van der Waals surface area (Å²) >= 11 is 5.40. The van der Waals surface area contributed by atoms with E-state index in [0.29, 0.717) is 11.7 Å². The molecule has 1 heterocycles. The summed E-state index contributed by atoms with van der Waals surface area (Å²) in [6.45, 7) is 1.40. The Labute approximate surface area is 130 Å². The first-order chi connectivity index (χ1) is 10.1. The lowest BCUT2D eigenvalue weighted by atomic mass is 10.0. The number of likely N-dealkylation sites (tertiary alicyclic amines) is 1. The number of hydrogen-bond acceptors (Lipinski definition) is 3. The van der Waals surface area contributed by atoms with Crippen molar-refractivity contribution in [3.63, 3.8) is 0 Å². The number of benzene rings is 1. The summed E-state index contributed by atoms with van der Waals surface area (Å²) < 4.78 is 5.12. The molecule has 114 valence electrons. The van der Waals surface area contributed by atoms with E-state index < -0.39 is 0 Å². The van der Waals surface area contributed by atoms with Crippen LogP contribution in [0.3, 0.4) is 0 Å². The maximum absolute atomic E-state index is 11.5. The molecule has 1 aromatic carbocycles. The van der Waals surface area contributed by atoms with E-state index in [0.717, 1.165) is 37.1 Å². The van der Waals surface area contributed by atoms with Gasteiger partial charge in [-0.25, -0.2) is 0 Å². The van der Waals surface area contributed by atoms with Gasteiger partial charge in [0, 0.05) is 13.1 Å². The Morgan fingerprint density at radius 2 is 2.14 bits per heavy atom. The van der Waals surface area contributed by atoms with Gasteiger partial charge in [0.05, 0.1) is 7.11 Å². The van der Waals surface area contributed by atoms with E-state index in [-0.39, 0.29) is 11.9 Å². The molecule has 0 radical (unpaired) electrons. The van der Waals surface area contributed by atoms with Crippen molar-refractivity contribution < 1.29 is 9.53 Å². The lowest BCUT2D eigenvalue weighted by molar-refractivity contribution is -0.122. The summed E-state index contributed by atoms with van der Waals surface area (Å²) in [6.07, 6.45) is 2.83. The number of carbonyl (C=O) groups excluding carboxylic acids is 1. The number of nitrogens with one attached hydrogen (secondary N) is 1. The van der Waals surface area contributed by atoms with Crippen LogP contribution < -0.4 is 15.8 Å². The van der Waals surface area contributed by atoms with Crippen LogP contribution in [0.25, 0.3) is 0 Å². The van der Waals surface area contributed by atoms with Crippen molar-refractivity contribution in [3.8, 4) is 5.75 Å². The summed E-state index contributed by atoms with van der Waals surface area (Å²) in [4.78, 5) is 13.4. The van der Waals surface area contributed by atoms with Gasteiger partial charge in [0.1, 0.15) is 11.8 Å². The van der Waals surface area contributed by atoms with E-state index >= 15 is 0 Å². The van der Waals surface area contributed by atoms with Crippen molar-refractivity contribution >= 4 is 23.2 Å². The number of nitrogens with zero attached hydrogens (tertiary/aromatic N) is 1. The normalized spacial score (nSPS) is 18.1. The molecule has 21 heavy (non-hydrogen) atoms. The van der Waals surface area contributed by atoms with Gasteiger partial charge in [-0.2, -0.15) is 0 Å². The van der Waals surface area contributed by atoms with Gasteiger partial charge >= 0.3 is 0 Å². The van der Waals surface area contributed by atoms with Crippen molar-refractivity contribution in [3.05, 3.63) is 29.8 Å². The van der Waals surface area contributed by atoms with Crippen LogP contribution in [0, 0.1) is 0 Å². The van der Waals surface area contributed by atoms with Crippen molar-refractivity contribution in [2.24, 2.45) is 5.73 Å². The summed E-state index contributed by atoms with van der Waals surface area (Å²) in [5.41, 5.74) is 6.56. The third-order valence-corrected chi connectivity index (χ3v) is 4.07. The van der Waals surface area contributed by atoms with Crippen LogP contribution in [-0.4, -0.2) is 35.6 Å². The molecule has 0 unspecified atom stereocenters. The Morgan fingerprint density at radius 1 is 1.43 bits per heavy atom. The highest BCUT2D eigenvalue weighted by molar-refractivity contribution is 7.80. The van der Waals surface area contributed by atoms with E-state index in [1.54, 1.807) is 7.11 Å². The van der Waals surface area contributed by atoms with E-state index in [9.17, 15) is 4.79 Å². The largest absolute Gasteiger partial charge is 0.497 e. The Balaban J connectivity index is 1.91. The summed E-state index contributed by atoms with van der Waals surface area (Å²) in [5, 5.41) is 3.79. The fourth-order valence-corrected chi connectivity index (χ4v) is 2.78. The molecular formula is C15H21N3O2S. The third-order valence-electron chi connectivity index (χ3n) is 3.69. The Bertz CT molecular complexity index is 504. The van der Waals surface area contributed by atoms with Crippen molar-refractivity contribution in [2.45, 2.75) is 31.8 Å². The monoisotopic (exact) mass is 307 g/mol. The highest BCUT2D eigenvalue weighted by Crippen LogP contribution is 2.17. The minimum atomic E-state index is -0.303. The van der Waals surface area contributed by atoms with Crippen molar-refractivity contribution in [1.29, 1.82) is 0 Å². The number of amides is 1. The number of piperidine rings is 1. The number of nitrogens with two attached hydrogens (primary N) is 1. The zero-order valence-electron chi connectivity index (χ0n) is 12.2. The maximum Gasteiger partial charge on any atom is 0.240 e. The average Bonchev–Trinajstić information content (AvgIpc) is 2.53. The molecule has 1 aliphatic rings. The van der Waals surface area contributed by atoms with Crippen molar-refractivity contribution in [2.75, 3.05) is 13.7 Å². The van der Waals surface area contributed by atoms with Gasteiger partial charge in [-0.05, 0) is 49.2 Å². The molecule has 2 rings (SSSR count). The lowest BCUT2D eigenvalue weighted by Gasteiger charge is -2.35. The standard InChI is InChI=1S/C15H21N3O2S/c1-20-12-7-5-11(6-8-12)10-17-15(21)18-9-3-2-4-13(18)14(16)19/h5-8,13H,2-4,9-10H2,1H3,(H2,16,19)(H,17,21)/t13-/m0/s1. The number of rotatable bonds is 4. The number of primary amides is 1. The smallest absolute Gasteiger partial charge is 0.240 e. The topological polar surface area (TPSA) is 67.6 Å². The van der Waals surface area contributed by atoms with E-state index in [1.807, 2.05) is 29.2 Å². The van der Waals surface area contributed by atoms with Crippen LogP contribution in [0.1, 0.15) is 24.8 Å². The molecule has 0 aliphatic carbocycles. The quantitative estimate of drug-likeness (QED) is 0.823. The molecule has 1 saturated heterocycles. The Kier molecular flexibility index (Phi) is 5.38. The fraction of sp³-hybridized carbons (Fsp3) is 0.467. The first-order valence-corrected chi connectivity index (χ1v) is 7.49. The van der Waals surface area contributed by atoms with Crippen LogP contribution in [-0.2, 0) is 11.3 Å². The number of thiocarbonyl (C=S) groups is 1. The molecule has 1 amide bonds. The maximum atomic E-state index is 11.5. The highest BCUT2D eigenvalue weighted by Gasteiger charge is 2.28. The molecule has 3 N–H and O–H groups in total. The van der Waals surface area contributed by atoms with Gasteiger partial charge in [-0.3, -0.25) is 4.79 Å². The van der Waals surface area contributed by atoms with Gasteiger partial charge < -0.3 is 20.7 Å². The SMILES string of the molecule is COc1ccc(CNC(=S)N2CCCC[C@H]2C(N)=O)cc1. The summed E-state index contributed by atoms with van der Waals surface area (Å²) in [6, 6.07) is 7.50. The summed E-state index contributed by atoms with van der Waals surface area (Å²) in [5.74, 6) is 0.523. The van der Waals surface area contributed by atoms with Crippen molar-refractivity contribution in [1.82, 2.24) is 10.2 Å². The van der Waals surface area contributed by atoms with Gasteiger partial charge in [-0.15, -0.1) is 0 Å². The van der Waals surface area contributed by atoms with Crippen LogP contribution in [0.2, 0.25) is 0 Å². The van der Waals surface area contributed by atoms with Gasteiger partial charge in [-0.1, -0.05) is 12.1 Å². The van der Waals surface area contributed by atoms with Gasteiger partial charge in [0.25, 0.3) is 0 Å². The molecule has 6 heteroatoms. The molecule has 0 saturated carbocycles. The van der Waals surface area contributed by atoms with Crippen LogP contribution in [0.4, 0.5) is 0 Å². The minimum absolute atomic E-state index is 0.283. The first-order valence-electron chi connectivity index (χ1n) is 7.08. The van der Waals surface area contributed by atoms with E-state index in [1.165, 1.54) is 0 Å². The predicted molar refractivity (Wildman–Crippen MR) is 86.0 cm³/mol. The molecule has 0 bridgehead atoms. The van der Waals surface area contributed by atoms with E-state index in [2.05, 4.69) is 5.32 Å². The first kappa shape index (κ1) is 15.6. The zero-order valence-corrected chi connectivity index (χ0v) is 13.0. The van der Waals surface area contributed by atoms with E-state index in [4.69, 9.17) is 22.7 Å². The second kappa shape index (κ2) is 7.26. The molecule has 1 atom stereocenters. The molecule has 1 aliphatic heterocycles. The van der Waals surface area contributed by atoms with Crippen LogP contribution >= 0.6 is 12.2 Å². The molecule has 5 nitrogen and oxygen atoms in total. The Hall–Kier alpha value is -1.82. The summed E-state index contributed by atoms with van der Waals surface area (Å²) in [7, 11) is 1.64. The molecule has 1 fully saturated rings. The second-order valence-electron chi connectivity index (χ2n) is 5.11. The number of methoxy groups -OCH3 is 1. The van der Waals surface area contributed by atoms with Gasteiger partial charge in [0.15, 0.2) is 5.11 Å². The lowest BCUT2D eigenvalue weighted by Crippen LogP contribution is -2.53. The highest BCUT2D eigenvalue weighted by atomic mass is 32.1. The number of carbonyl (C=O) groups is 1. The fourth-order valence-electron chi connectivity index (χ4n) is 2.49. The number of ether oxygens (including phenoxy) is 1. The molecule has 0 spiro atoms. The molecule has 1 aromatic rings. The molecular weight excluding hydrogens is 286 g/mol. The van der Waals surface area contributed by atoms with Gasteiger partial charge in [0.2, 0.25) is 5.91 Å². The predicted octanol–water partition coefficient (Wildman–Crippen LogP) is 1.41. The molecule has 0 aromatic heterocycles. The second-order valence-corrected chi connectivity index (χ2v) is 5.50. The Morgan fingerprint density at radius 3 is 2.76 bits per heavy atom. The van der Waals surface area contributed by atoms with Crippen LogP contribution in [0.15, 0.2) is 24.3 Å². The average molecular weight is 307 g/mol. The minimum Gasteiger partial charge on any atom is -0.497 e. The zero-order chi connectivity index (χ0) is 15.2. The third kappa shape index (κ3) is 4.07. The number of hydrogen-bond donors (Lipinski definition) is 2.